The smallest absolute Gasteiger partial charge is 0.317 e. The lowest BCUT2D eigenvalue weighted by Gasteiger charge is -2.43. The molecule has 0 aromatic carbocycles. The van der Waals surface area contributed by atoms with Gasteiger partial charge < -0.3 is 10.2 Å². The predicted octanol–water partition coefficient (Wildman–Crippen LogP) is 0.989. The normalized spacial score (nSPS) is 23.6. The lowest BCUT2D eigenvalue weighted by atomic mass is 9.81. The Kier molecular flexibility index (Phi) is 4.82. The number of nitrogens with zero attached hydrogens (tertiary/aromatic N) is 1. The lowest BCUT2D eigenvalue weighted by Crippen LogP contribution is -2.52. The van der Waals surface area contributed by atoms with E-state index in [0.717, 1.165) is 17.9 Å². The van der Waals surface area contributed by atoms with Crippen LogP contribution >= 0.6 is 11.8 Å². The van der Waals surface area contributed by atoms with Crippen molar-refractivity contribution in [3.63, 3.8) is 0 Å². The van der Waals surface area contributed by atoms with Crippen LogP contribution in [0.3, 0.4) is 0 Å². The Morgan fingerprint density at radius 2 is 1.82 bits per heavy atom. The zero-order valence-corrected chi connectivity index (χ0v) is 11.0. The fourth-order valence-corrected chi connectivity index (χ4v) is 3.87. The fraction of sp³-hybridized carbons (Fsp3) is 0.818. The summed E-state index contributed by atoms with van der Waals surface area (Å²) in [5, 5.41) is 17.7. The first-order chi connectivity index (χ1) is 7.83. The van der Waals surface area contributed by atoms with Crippen LogP contribution < -0.4 is 0 Å². The molecule has 0 spiro atoms. The molecule has 1 aliphatic rings. The number of hydrogen-bond acceptors (Lipinski definition) is 4. The van der Waals surface area contributed by atoms with E-state index in [1.165, 1.54) is 0 Å². The highest BCUT2D eigenvalue weighted by molar-refractivity contribution is 7.99. The molecule has 1 aliphatic heterocycles. The quantitative estimate of drug-likeness (QED) is 0.768. The van der Waals surface area contributed by atoms with Gasteiger partial charge in [-0.2, -0.15) is 11.8 Å². The van der Waals surface area contributed by atoms with E-state index in [1.807, 2.05) is 0 Å². The maximum Gasteiger partial charge on any atom is 0.317 e. The first-order valence-corrected chi connectivity index (χ1v) is 6.74. The van der Waals surface area contributed by atoms with E-state index < -0.39 is 11.9 Å². The molecule has 1 atom stereocenters. The predicted molar refractivity (Wildman–Crippen MR) is 66.4 cm³/mol. The van der Waals surface area contributed by atoms with Crippen LogP contribution in [0.1, 0.15) is 20.3 Å². The Balaban J connectivity index is 2.79. The maximum atomic E-state index is 10.8. The summed E-state index contributed by atoms with van der Waals surface area (Å²) >= 11 is 1.76. The van der Waals surface area contributed by atoms with Crippen molar-refractivity contribution in [3.05, 3.63) is 0 Å². The highest BCUT2D eigenvalue weighted by atomic mass is 32.2. The van der Waals surface area contributed by atoms with E-state index in [1.54, 1.807) is 16.7 Å². The third kappa shape index (κ3) is 4.20. The first-order valence-electron chi connectivity index (χ1n) is 5.58. The van der Waals surface area contributed by atoms with Gasteiger partial charge in [-0.1, -0.05) is 13.8 Å². The van der Waals surface area contributed by atoms with E-state index in [2.05, 4.69) is 13.8 Å². The van der Waals surface area contributed by atoms with Crippen molar-refractivity contribution in [1.29, 1.82) is 0 Å². The first kappa shape index (κ1) is 14.3. The maximum absolute atomic E-state index is 10.8. The Bertz CT molecular complexity index is 290. The van der Waals surface area contributed by atoms with Gasteiger partial charge in [-0.25, -0.2) is 0 Å². The van der Waals surface area contributed by atoms with Gasteiger partial charge in [-0.05, 0) is 17.6 Å². The number of hydrogen-bond donors (Lipinski definition) is 2. The summed E-state index contributed by atoms with van der Waals surface area (Å²) in [6.07, 6.45) is 0.984. The topological polar surface area (TPSA) is 77.8 Å². The van der Waals surface area contributed by atoms with Crippen LogP contribution in [0, 0.1) is 5.41 Å². The second-order valence-electron chi connectivity index (χ2n) is 5.02. The molecule has 0 amide bonds. The zero-order valence-electron chi connectivity index (χ0n) is 10.2. The third-order valence-corrected chi connectivity index (χ3v) is 4.23. The van der Waals surface area contributed by atoms with E-state index in [9.17, 15) is 9.59 Å². The summed E-state index contributed by atoms with van der Waals surface area (Å²) in [7, 11) is 0. The van der Waals surface area contributed by atoms with Crippen LogP contribution in [0.25, 0.3) is 0 Å². The van der Waals surface area contributed by atoms with Gasteiger partial charge in [-0.3, -0.25) is 14.5 Å². The molecule has 2 N–H and O–H groups in total. The van der Waals surface area contributed by atoms with Crippen molar-refractivity contribution >= 4 is 23.7 Å². The van der Waals surface area contributed by atoms with Gasteiger partial charge in [0.15, 0.2) is 0 Å². The van der Waals surface area contributed by atoms with Crippen LogP contribution in [-0.2, 0) is 9.59 Å². The minimum atomic E-state index is -0.974. The summed E-state index contributed by atoms with van der Waals surface area (Å²) in [4.78, 5) is 23.2. The van der Waals surface area contributed by atoms with Gasteiger partial charge >= 0.3 is 11.9 Å². The van der Waals surface area contributed by atoms with E-state index in [4.69, 9.17) is 10.2 Å². The molecule has 1 rings (SSSR count). The second kappa shape index (κ2) is 5.73. The molecule has 98 valence electrons. The van der Waals surface area contributed by atoms with Crippen molar-refractivity contribution in [2.24, 2.45) is 5.41 Å². The number of thioether (sulfide) groups is 1. The van der Waals surface area contributed by atoms with E-state index in [-0.39, 0.29) is 24.5 Å². The van der Waals surface area contributed by atoms with Crippen molar-refractivity contribution in [1.82, 2.24) is 4.90 Å². The van der Waals surface area contributed by atoms with Gasteiger partial charge in [0.1, 0.15) is 0 Å². The Labute approximate surface area is 105 Å². The van der Waals surface area contributed by atoms with Gasteiger partial charge in [0.05, 0.1) is 13.1 Å². The standard InChI is InChI=1S/C11H19NO4S/c1-11(2)3-4-17-7-8(11)12(5-9(13)14)6-10(15)16/h8H,3-7H2,1-2H3,(H,13,14)(H,15,16). The molecular weight excluding hydrogens is 242 g/mol. The average Bonchev–Trinajstić information content (AvgIpc) is 2.14. The van der Waals surface area contributed by atoms with Crippen LogP contribution in [-0.4, -0.2) is 57.7 Å². The molecule has 1 heterocycles. The number of rotatable bonds is 5. The van der Waals surface area contributed by atoms with Gasteiger partial charge in [0, 0.05) is 11.8 Å². The minimum Gasteiger partial charge on any atom is -0.480 e. The number of carboxylic acids is 2. The summed E-state index contributed by atoms with van der Waals surface area (Å²) in [6.45, 7) is 3.74. The molecule has 1 unspecified atom stereocenters. The third-order valence-electron chi connectivity index (χ3n) is 3.19. The number of carboxylic acid groups (broad SMARTS) is 2. The van der Waals surface area contributed by atoms with E-state index >= 15 is 0 Å². The monoisotopic (exact) mass is 261 g/mol. The zero-order chi connectivity index (χ0) is 13.1. The summed E-state index contributed by atoms with van der Waals surface area (Å²) in [6, 6.07) is 0.00782. The molecule has 1 fully saturated rings. The largest absolute Gasteiger partial charge is 0.480 e. The van der Waals surface area contributed by atoms with Crippen LogP contribution in [0.2, 0.25) is 0 Å². The Hall–Kier alpha value is -0.750. The number of aliphatic carboxylic acids is 2. The summed E-state index contributed by atoms with van der Waals surface area (Å²) < 4.78 is 0. The molecule has 1 saturated heterocycles. The molecule has 17 heavy (non-hydrogen) atoms. The molecule has 0 aliphatic carbocycles. The van der Waals surface area contributed by atoms with Crippen LogP contribution in [0.4, 0.5) is 0 Å². The number of carbonyl (C=O) groups is 2. The van der Waals surface area contributed by atoms with Crippen molar-refractivity contribution in [3.8, 4) is 0 Å². The van der Waals surface area contributed by atoms with Gasteiger partial charge in [-0.15, -0.1) is 0 Å². The molecule has 0 saturated carbocycles. The highest BCUT2D eigenvalue weighted by Gasteiger charge is 2.37. The second-order valence-corrected chi connectivity index (χ2v) is 6.17. The van der Waals surface area contributed by atoms with Crippen molar-refractivity contribution in [2.75, 3.05) is 24.6 Å². The van der Waals surface area contributed by atoms with Crippen molar-refractivity contribution in [2.45, 2.75) is 26.3 Å². The minimum absolute atomic E-state index is 0.00782. The lowest BCUT2D eigenvalue weighted by molar-refractivity contribution is -0.143. The summed E-state index contributed by atoms with van der Waals surface area (Å²) in [5.41, 5.74) is -0.0316. The molecule has 0 bridgehead atoms. The average molecular weight is 261 g/mol. The molecule has 6 heteroatoms. The summed E-state index contributed by atoms with van der Waals surface area (Å²) in [5.74, 6) is -0.0966. The molecule has 0 radical (unpaired) electrons. The Morgan fingerprint density at radius 1 is 1.29 bits per heavy atom. The molecule has 0 aromatic heterocycles. The van der Waals surface area contributed by atoms with E-state index in [0.29, 0.717) is 0 Å². The Morgan fingerprint density at radius 3 is 2.24 bits per heavy atom. The van der Waals surface area contributed by atoms with Crippen LogP contribution in [0.5, 0.6) is 0 Å². The molecule has 5 nitrogen and oxygen atoms in total. The molecule has 0 aromatic rings. The van der Waals surface area contributed by atoms with Crippen molar-refractivity contribution < 1.29 is 19.8 Å². The van der Waals surface area contributed by atoms with Gasteiger partial charge in [0.2, 0.25) is 0 Å². The highest BCUT2D eigenvalue weighted by Crippen LogP contribution is 2.37. The van der Waals surface area contributed by atoms with Crippen LogP contribution in [0.15, 0.2) is 0 Å². The molecular formula is C11H19NO4S. The SMILES string of the molecule is CC1(C)CCSCC1N(CC(=O)O)CC(=O)O. The fourth-order valence-electron chi connectivity index (χ4n) is 2.15. The van der Waals surface area contributed by atoms with Gasteiger partial charge in [0.25, 0.3) is 0 Å².